The van der Waals surface area contributed by atoms with Crippen LogP contribution in [0.2, 0.25) is 0 Å². The van der Waals surface area contributed by atoms with E-state index in [1.165, 1.54) is 12.0 Å². The SMILES string of the molecule is CCCN1CC=C(c2cnc(C3NNC4C(F)C(c5ccc(O)cc5CC)CCC34)[nH]2)CC1. The van der Waals surface area contributed by atoms with Crippen LogP contribution in [0.15, 0.2) is 30.5 Å². The van der Waals surface area contributed by atoms with Crippen LogP contribution in [0.5, 0.6) is 5.75 Å². The number of benzene rings is 1. The summed E-state index contributed by atoms with van der Waals surface area (Å²) in [4.78, 5) is 10.7. The molecule has 5 unspecified atom stereocenters. The molecule has 1 aromatic heterocycles. The highest BCUT2D eigenvalue weighted by Gasteiger charge is 2.48. The van der Waals surface area contributed by atoms with Crippen LogP contribution in [0.4, 0.5) is 4.39 Å². The van der Waals surface area contributed by atoms with E-state index in [1.807, 2.05) is 12.3 Å². The Balaban J connectivity index is 1.29. The molecule has 6 nitrogen and oxygen atoms in total. The van der Waals surface area contributed by atoms with Crippen molar-refractivity contribution in [3.05, 3.63) is 53.1 Å². The number of phenolic OH excluding ortho intramolecular Hbond substituents is 1. The highest BCUT2D eigenvalue weighted by molar-refractivity contribution is 5.63. The predicted molar refractivity (Wildman–Crippen MR) is 129 cm³/mol. The van der Waals surface area contributed by atoms with Gasteiger partial charge in [0, 0.05) is 24.9 Å². The predicted octanol–water partition coefficient (Wildman–Crippen LogP) is 4.23. The number of hydrazine groups is 1. The van der Waals surface area contributed by atoms with E-state index in [1.54, 1.807) is 12.1 Å². The van der Waals surface area contributed by atoms with E-state index in [4.69, 9.17) is 4.98 Å². The second kappa shape index (κ2) is 9.57. The quantitative estimate of drug-likeness (QED) is 0.527. The fourth-order valence-corrected chi connectivity index (χ4v) is 6.04. The smallest absolute Gasteiger partial charge is 0.125 e. The molecular formula is C26H36FN5O. The Morgan fingerprint density at radius 3 is 2.85 bits per heavy atom. The number of hydrogen-bond donors (Lipinski definition) is 4. The van der Waals surface area contributed by atoms with Gasteiger partial charge in [-0.05, 0) is 67.5 Å². The lowest BCUT2D eigenvalue weighted by molar-refractivity contribution is 0.135. The van der Waals surface area contributed by atoms with Crippen LogP contribution >= 0.6 is 0 Å². The van der Waals surface area contributed by atoms with E-state index in [-0.39, 0.29) is 29.7 Å². The summed E-state index contributed by atoms with van der Waals surface area (Å²) in [5, 5.41) is 9.84. The average Bonchev–Trinajstić information content (AvgIpc) is 3.48. The van der Waals surface area contributed by atoms with Crippen molar-refractivity contribution >= 4 is 5.57 Å². The summed E-state index contributed by atoms with van der Waals surface area (Å²) in [6.45, 7) is 7.50. The number of fused-ring (bicyclic) bond motifs is 1. The van der Waals surface area contributed by atoms with Crippen molar-refractivity contribution < 1.29 is 9.50 Å². The molecule has 3 aliphatic rings. The first-order valence-electron chi connectivity index (χ1n) is 12.5. The number of H-pyrrole nitrogens is 1. The van der Waals surface area contributed by atoms with Gasteiger partial charge in [0.1, 0.15) is 17.7 Å². The van der Waals surface area contributed by atoms with Crippen molar-refractivity contribution in [1.29, 1.82) is 0 Å². The fraction of sp³-hybridized carbons (Fsp3) is 0.577. The van der Waals surface area contributed by atoms with Gasteiger partial charge in [0.05, 0.1) is 24.0 Å². The standard InChI is InChI=1S/C26H36FN5O/c1-3-11-32-12-9-17(10-13-32)22-15-28-26(29-22)25-21-8-7-20(23(27)24(21)30-31-25)19-6-5-18(33)14-16(19)4-2/h5-6,9,14-15,20-21,23-25,30-31,33H,3-4,7-8,10-13H2,1-2H3,(H,28,29). The van der Waals surface area contributed by atoms with Crippen LogP contribution in [-0.2, 0) is 6.42 Å². The summed E-state index contributed by atoms with van der Waals surface area (Å²) in [5.74, 6) is 1.14. The van der Waals surface area contributed by atoms with Crippen molar-refractivity contribution in [3.63, 3.8) is 0 Å². The van der Waals surface area contributed by atoms with Crippen molar-refractivity contribution in [2.75, 3.05) is 19.6 Å². The Morgan fingerprint density at radius 2 is 2.09 bits per heavy atom. The highest BCUT2D eigenvalue weighted by atomic mass is 19.1. The molecule has 5 rings (SSSR count). The van der Waals surface area contributed by atoms with Crippen LogP contribution in [0.25, 0.3) is 5.57 Å². The molecule has 0 amide bonds. The second-order valence-corrected chi connectivity index (χ2v) is 9.78. The van der Waals surface area contributed by atoms with Crippen molar-refractivity contribution in [3.8, 4) is 5.75 Å². The number of imidazole rings is 1. The number of nitrogens with one attached hydrogen (secondary N) is 3. The lowest BCUT2D eigenvalue weighted by Crippen LogP contribution is -2.45. The number of alkyl halides is 1. The summed E-state index contributed by atoms with van der Waals surface area (Å²) >= 11 is 0. The van der Waals surface area contributed by atoms with Gasteiger partial charge < -0.3 is 10.1 Å². The minimum atomic E-state index is -0.990. The number of hydrogen-bond acceptors (Lipinski definition) is 5. The molecule has 1 aliphatic carbocycles. The van der Waals surface area contributed by atoms with Gasteiger partial charge in [-0.1, -0.05) is 26.0 Å². The molecule has 1 saturated heterocycles. The number of aromatic hydroxyl groups is 1. The van der Waals surface area contributed by atoms with Crippen LogP contribution in [0, 0.1) is 5.92 Å². The molecule has 2 aliphatic heterocycles. The molecule has 0 spiro atoms. The zero-order chi connectivity index (χ0) is 22.9. The molecule has 3 heterocycles. The topological polar surface area (TPSA) is 76.2 Å². The van der Waals surface area contributed by atoms with Gasteiger partial charge in [-0.25, -0.2) is 14.8 Å². The summed E-state index contributed by atoms with van der Waals surface area (Å²) in [7, 11) is 0. The number of rotatable bonds is 6. The monoisotopic (exact) mass is 453 g/mol. The first-order chi connectivity index (χ1) is 16.1. The summed E-state index contributed by atoms with van der Waals surface area (Å²) in [6, 6.07) is 5.10. The second-order valence-electron chi connectivity index (χ2n) is 9.78. The number of aryl methyl sites for hydroxylation is 1. The summed E-state index contributed by atoms with van der Waals surface area (Å²) < 4.78 is 15.8. The third-order valence-electron chi connectivity index (χ3n) is 7.81. The lowest BCUT2D eigenvalue weighted by atomic mass is 9.71. The number of aromatic amines is 1. The summed E-state index contributed by atoms with van der Waals surface area (Å²) in [6.07, 6.45) is 7.99. The molecule has 4 N–H and O–H groups in total. The van der Waals surface area contributed by atoms with Gasteiger partial charge in [0.25, 0.3) is 0 Å². The van der Waals surface area contributed by atoms with E-state index in [0.29, 0.717) is 0 Å². The van der Waals surface area contributed by atoms with E-state index in [2.05, 4.69) is 40.7 Å². The largest absolute Gasteiger partial charge is 0.508 e. The molecule has 0 radical (unpaired) electrons. The molecular weight excluding hydrogens is 417 g/mol. The van der Waals surface area contributed by atoms with Gasteiger partial charge in [-0.2, -0.15) is 0 Å². The van der Waals surface area contributed by atoms with Gasteiger partial charge >= 0.3 is 0 Å². The van der Waals surface area contributed by atoms with Crippen LogP contribution < -0.4 is 10.9 Å². The minimum absolute atomic E-state index is 0.0193. The van der Waals surface area contributed by atoms with Crippen LogP contribution in [0.1, 0.15) is 74.1 Å². The van der Waals surface area contributed by atoms with E-state index < -0.39 is 6.17 Å². The lowest BCUT2D eigenvalue weighted by Gasteiger charge is -2.36. The molecule has 5 atom stereocenters. The zero-order valence-corrected chi connectivity index (χ0v) is 19.6. The minimum Gasteiger partial charge on any atom is -0.508 e. The average molecular weight is 454 g/mol. The molecule has 33 heavy (non-hydrogen) atoms. The first kappa shape index (κ1) is 22.6. The number of halogens is 1. The Kier molecular flexibility index (Phi) is 6.54. The van der Waals surface area contributed by atoms with Crippen molar-refractivity contribution in [1.82, 2.24) is 25.7 Å². The molecule has 1 saturated carbocycles. The third kappa shape index (κ3) is 4.34. The van der Waals surface area contributed by atoms with Crippen LogP contribution in [-0.4, -0.2) is 51.8 Å². The third-order valence-corrected chi connectivity index (χ3v) is 7.81. The molecule has 1 aromatic carbocycles. The van der Waals surface area contributed by atoms with Gasteiger partial charge in [0.2, 0.25) is 0 Å². The van der Waals surface area contributed by atoms with Crippen molar-refractivity contribution in [2.24, 2.45) is 5.92 Å². The Bertz CT molecular complexity index is 1000. The maximum absolute atomic E-state index is 15.8. The Labute approximate surface area is 195 Å². The van der Waals surface area contributed by atoms with Gasteiger partial charge in [0.15, 0.2) is 0 Å². The van der Waals surface area contributed by atoms with Crippen LogP contribution in [0.3, 0.4) is 0 Å². The number of phenols is 1. The maximum atomic E-state index is 15.8. The van der Waals surface area contributed by atoms with E-state index in [9.17, 15) is 5.11 Å². The van der Waals surface area contributed by atoms with E-state index in [0.717, 1.165) is 68.0 Å². The number of aromatic nitrogens is 2. The number of nitrogens with zero attached hydrogens (tertiary/aromatic N) is 2. The Morgan fingerprint density at radius 1 is 1.21 bits per heavy atom. The fourth-order valence-electron chi connectivity index (χ4n) is 6.04. The maximum Gasteiger partial charge on any atom is 0.125 e. The molecule has 2 aromatic rings. The molecule has 7 heteroatoms. The zero-order valence-electron chi connectivity index (χ0n) is 19.6. The van der Waals surface area contributed by atoms with E-state index >= 15 is 4.39 Å². The van der Waals surface area contributed by atoms with Gasteiger partial charge in [-0.15, -0.1) is 0 Å². The van der Waals surface area contributed by atoms with Crippen molar-refractivity contribution in [2.45, 2.75) is 70.1 Å². The molecule has 2 fully saturated rings. The summed E-state index contributed by atoms with van der Waals surface area (Å²) in [5.41, 5.74) is 11.1. The molecule has 0 bridgehead atoms. The Hall–Kier alpha value is -2.22. The molecule has 178 valence electrons. The van der Waals surface area contributed by atoms with Gasteiger partial charge in [-0.3, -0.25) is 10.3 Å². The highest BCUT2D eigenvalue weighted by Crippen LogP contribution is 2.45. The first-order valence-corrected chi connectivity index (χ1v) is 12.5. The normalized spacial score (nSPS) is 30.3.